The third kappa shape index (κ3) is 5.17. The lowest BCUT2D eigenvalue weighted by molar-refractivity contribution is 0.250. The summed E-state index contributed by atoms with van der Waals surface area (Å²) in [6, 6.07) is 10.6. The maximum atomic E-state index is 8.86. The fourth-order valence-electron chi connectivity index (χ4n) is 1.34. The summed E-state index contributed by atoms with van der Waals surface area (Å²) in [5, 5.41) is 12.1. The largest absolute Gasteiger partial charge is 0.395 e. The van der Waals surface area contributed by atoms with Crippen molar-refractivity contribution < 1.29 is 5.11 Å². The van der Waals surface area contributed by atoms with Crippen LogP contribution in [-0.4, -0.2) is 24.3 Å². The van der Waals surface area contributed by atoms with Gasteiger partial charge in [-0.25, -0.2) is 0 Å². The van der Waals surface area contributed by atoms with Crippen molar-refractivity contribution in [3.63, 3.8) is 0 Å². The summed E-state index contributed by atoms with van der Waals surface area (Å²) in [6.45, 7) is 5.28. The first-order valence-electron chi connectivity index (χ1n) is 5.13. The highest BCUT2D eigenvalue weighted by Gasteiger charge is 2.05. The van der Waals surface area contributed by atoms with Crippen LogP contribution in [0.25, 0.3) is 0 Å². The molecule has 0 amide bonds. The van der Waals surface area contributed by atoms with Crippen LogP contribution in [0, 0.1) is 0 Å². The van der Waals surface area contributed by atoms with Gasteiger partial charge >= 0.3 is 0 Å². The molecule has 0 aliphatic heterocycles. The molecule has 0 aliphatic rings. The Kier molecular flexibility index (Phi) is 7.39. The number of hydrogen-bond acceptors (Lipinski definition) is 2. The Morgan fingerprint density at radius 3 is 2.33 bits per heavy atom. The number of halogens is 1. The minimum atomic E-state index is 0. The lowest BCUT2D eigenvalue weighted by Gasteiger charge is -2.16. The Balaban J connectivity index is 0.00000196. The molecule has 3 heteroatoms. The van der Waals surface area contributed by atoms with Gasteiger partial charge in [-0.3, -0.25) is 0 Å². The first kappa shape index (κ1) is 14.4. The van der Waals surface area contributed by atoms with E-state index in [4.69, 9.17) is 5.11 Å². The van der Waals surface area contributed by atoms with Crippen LogP contribution in [0.1, 0.15) is 25.3 Å². The lowest BCUT2D eigenvalue weighted by Crippen LogP contribution is -2.32. The molecule has 0 aliphatic carbocycles. The van der Waals surface area contributed by atoms with Gasteiger partial charge < -0.3 is 10.4 Å². The monoisotopic (exact) mass is 229 g/mol. The molecule has 0 spiro atoms. The van der Waals surface area contributed by atoms with Crippen molar-refractivity contribution in [2.45, 2.75) is 25.8 Å². The van der Waals surface area contributed by atoms with Gasteiger partial charge in [0.2, 0.25) is 0 Å². The van der Waals surface area contributed by atoms with Crippen LogP contribution in [0.4, 0.5) is 0 Å². The zero-order valence-electron chi connectivity index (χ0n) is 9.31. The molecule has 0 radical (unpaired) electrons. The molecule has 2 N–H and O–H groups in total. The Labute approximate surface area is 98.1 Å². The first-order chi connectivity index (χ1) is 6.74. The van der Waals surface area contributed by atoms with Gasteiger partial charge in [0.1, 0.15) is 0 Å². The van der Waals surface area contributed by atoms with Gasteiger partial charge in [-0.2, -0.15) is 0 Å². The van der Waals surface area contributed by atoms with E-state index in [0.29, 0.717) is 5.92 Å². The van der Waals surface area contributed by atoms with Crippen molar-refractivity contribution >= 4 is 12.4 Å². The van der Waals surface area contributed by atoms with Crippen LogP contribution in [0.2, 0.25) is 0 Å². The Morgan fingerprint density at radius 1 is 1.20 bits per heavy atom. The summed E-state index contributed by atoms with van der Waals surface area (Å²) in [7, 11) is 0. The first-order valence-corrected chi connectivity index (χ1v) is 5.13. The van der Waals surface area contributed by atoms with Gasteiger partial charge in [0.15, 0.2) is 0 Å². The van der Waals surface area contributed by atoms with Crippen molar-refractivity contribution in [1.29, 1.82) is 0 Å². The molecule has 15 heavy (non-hydrogen) atoms. The average Bonchev–Trinajstić information content (AvgIpc) is 2.26. The maximum absolute atomic E-state index is 8.86. The van der Waals surface area contributed by atoms with E-state index >= 15 is 0 Å². The van der Waals surface area contributed by atoms with Crippen molar-refractivity contribution in [3.8, 4) is 0 Å². The molecule has 1 aromatic carbocycles. The Morgan fingerprint density at radius 2 is 1.80 bits per heavy atom. The molecule has 0 saturated heterocycles. The Hall–Kier alpha value is -0.570. The van der Waals surface area contributed by atoms with Crippen LogP contribution in [0.3, 0.4) is 0 Å². The molecular weight excluding hydrogens is 210 g/mol. The standard InChI is InChI=1S/C12H19NO.ClH/c1-10(8-13-11(2)9-14)12-6-4-3-5-7-12;/h3-7,10-11,13-14H,8-9H2,1-2H3;1H. The third-order valence-corrected chi connectivity index (χ3v) is 2.41. The molecule has 2 atom stereocenters. The molecule has 0 heterocycles. The zero-order valence-corrected chi connectivity index (χ0v) is 10.1. The molecule has 1 aromatic rings. The van der Waals surface area contributed by atoms with Crippen LogP contribution in [0.5, 0.6) is 0 Å². The summed E-state index contributed by atoms with van der Waals surface area (Å²) in [5.41, 5.74) is 1.34. The second-order valence-electron chi connectivity index (χ2n) is 3.80. The molecule has 0 saturated carbocycles. The number of hydrogen-bond donors (Lipinski definition) is 2. The summed E-state index contributed by atoms with van der Waals surface area (Å²) >= 11 is 0. The van der Waals surface area contributed by atoms with Gasteiger partial charge in [0, 0.05) is 12.6 Å². The van der Waals surface area contributed by atoms with Crippen LogP contribution in [-0.2, 0) is 0 Å². The highest BCUT2D eigenvalue weighted by molar-refractivity contribution is 5.85. The predicted octanol–water partition coefficient (Wildman–Crippen LogP) is 2.18. The van der Waals surface area contributed by atoms with Gasteiger partial charge in [-0.15, -0.1) is 12.4 Å². The quantitative estimate of drug-likeness (QED) is 0.811. The molecule has 1 rings (SSSR count). The highest BCUT2D eigenvalue weighted by atomic mass is 35.5. The summed E-state index contributed by atoms with van der Waals surface area (Å²) in [4.78, 5) is 0. The molecular formula is C12H20ClNO. The fourth-order valence-corrected chi connectivity index (χ4v) is 1.34. The maximum Gasteiger partial charge on any atom is 0.0581 e. The van der Waals surface area contributed by atoms with Crippen LogP contribution < -0.4 is 5.32 Å². The molecule has 0 bridgehead atoms. The van der Waals surface area contributed by atoms with Gasteiger partial charge in [-0.1, -0.05) is 37.3 Å². The Bertz CT molecular complexity index is 253. The summed E-state index contributed by atoms with van der Waals surface area (Å²) in [6.07, 6.45) is 0. The van der Waals surface area contributed by atoms with Crippen molar-refractivity contribution in [1.82, 2.24) is 5.32 Å². The van der Waals surface area contributed by atoms with Crippen molar-refractivity contribution in [2.75, 3.05) is 13.2 Å². The van der Waals surface area contributed by atoms with E-state index in [2.05, 4.69) is 36.5 Å². The van der Waals surface area contributed by atoms with Gasteiger partial charge in [0.25, 0.3) is 0 Å². The SMILES string of the molecule is CC(CO)NCC(C)c1ccccc1.Cl. The van der Waals surface area contributed by atoms with Crippen molar-refractivity contribution in [3.05, 3.63) is 35.9 Å². The minimum absolute atomic E-state index is 0. The van der Waals surface area contributed by atoms with E-state index in [1.807, 2.05) is 13.0 Å². The molecule has 86 valence electrons. The van der Waals surface area contributed by atoms with E-state index in [0.717, 1.165) is 6.54 Å². The number of aliphatic hydroxyl groups excluding tert-OH is 1. The average molecular weight is 230 g/mol. The molecule has 0 aromatic heterocycles. The number of rotatable bonds is 5. The fraction of sp³-hybridized carbons (Fsp3) is 0.500. The third-order valence-electron chi connectivity index (χ3n) is 2.41. The topological polar surface area (TPSA) is 32.3 Å². The van der Waals surface area contributed by atoms with Gasteiger partial charge in [0.05, 0.1) is 6.61 Å². The smallest absolute Gasteiger partial charge is 0.0581 e. The number of aliphatic hydroxyl groups is 1. The van der Waals surface area contributed by atoms with E-state index in [1.165, 1.54) is 5.56 Å². The number of nitrogens with one attached hydrogen (secondary N) is 1. The summed E-state index contributed by atoms with van der Waals surface area (Å²) in [5.74, 6) is 0.491. The van der Waals surface area contributed by atoms with Crippen LogP contribution in [0.15, 0.2) is 30.3 Å². The van der Waals surface area contributed by atoms with Gasteiger partial charge in [-0.05, 0) is 18.4 Å². The summed E-state index contributed by atoms with van der Waals surface area (Å²) < 4.78 is 0. The predicted molar refractivity (Wildman–Crippen MR) is 66.7 cm³/mol. The van der Waals surface area contributed by atoms with E-state index < -0.39 is 0 Å². The molecule has 2 unspecified atom stereocenters. The van der Waals surface area contributed by atoms with Crippen molar-refractivity contribution in [2.24, 2.45) is 0 Å². The van der Waals surface area contributed by atoms with E-state index in [9.17, 15) is 0 Å². The lowest BCUT2D eigenvalue weighted by atomic mass is 10.0. The van der Waals surface area contributed by atoms with E-state index in [1.54, 1.807) is 0 Å². The highest BCUT2D eigenvalue weighted by Crippen LogP contribution is 2.12. The van der Waals surface area contributed by atoms with E-state index in [-0.39, 0.29) is 25.1 Å². The number of benzene rings is 1. The minimum Gasteiger partial charge on any atom is -0.395 e. The normalized spacial score (nSPS) is 14.1. The second-order valence-corrected chi connectivity index (χ2v) is 3.80. The zero-order chi connectivity index (χ0) is 10.4. The molecule has 0 fully saturated rings. The second kappa shape index (κ2) is 7.69. The molecule has 2 nitrogen and oxygen atoms in total. The van der Waals surface area contributed by atoms with Crippen LogP contribution >= 0.6 is 12.4 Å².